The zero-order valence-electron chi connectivity index (χ0n) is 19.0. The molecule has 1 aliphatic heterocycles. The minimum atomic E-state index is -0.238. The van der Waals surface area contributed by atoms with Gasteiger partial charge in [-0.1, -0.05) is 35.0 Å². The summed E-state index contributed by atoms with van der Waals surface area (Å²) in [6, 6.07) is 17.3. The van der Waals surface area contributed by atoms with E-state index in [9.17, 15) is 0 Å². The molecule has 0 bridgehead atoms. The fraction of sp³-hybridized carbons (Fsp3) is 0.192. The van der Waals surface area contributed by atoms with E-state index in [0.717, 1.165) is 28.2 Å². The van der Waals surface area contributed by atoms with Crippen LogP contribution >= 0.6 is 23.8 Å². The highest BCUT2D eigenvalue weighted by Gasteiger charge is 2.34. The molecule has 6 nitrogen and oxygen atoms in total. The Morgan fingerprint density at radius 1 is 1.06 bits per heavy atom. The van der Waals surface area contributed by atoms with E-state index < -0.39 is 0 Å². The molecule has 4 aromatic rings. The number of allylic oxidation sites excluding steroid dienone is 1. The second kappa shape index (κ2) is 9.08. The maximum absolute atomic E-state index is 6.04. The van der Waals surface area contributed by atoms with Crippen molar-refractivity contribution in [3.05, 3.63) is 99.9 Å². The molecule has 172 valence electrons. The maximum atomic E-state index is 6.04. The van der Waals surface area contributed by atoms with Gasteiger partial charge in [0.15, 0.2) is 5.11 Å². The van der Waals surface area contributed by atoms with Gasteiger partial charge < -0.3 is 19.2 Å². The van der Waals surface area contributed by atoms with Crippen LogP contribution in [0.4, 0.5) is 0 Å². The molecule has 2 aromatic carbocycles. The number of halogens is 1. The molecule has 1 aliphatic rings. The molecular formula is C26H23ClN4O2S. The summed E-state index contributed by atoms with van der Waals surface area (Å²) in [4.78, 5) is 6.74. The molecule has 8 heteroatoms. The number of aromatic nitrogens is 2. The molecule has 1 atom stereocenters. The van der Waals surface area contributed by atoms with Gasteiger partial charge in [0, 0.05) is 16.3 Å². The Hall–Kier alpha value is -3.42. The van der Waals surface area contributed by atoms with Gasteiger partial charge in [-0.2, -0.15) is 4.98 Å². The molecule has 0 spiro atoms. The van der Waals surface area contributed by atoms with Crippen molar-refractivity contribution < 1.29 is 8.94 Å². The Morgan fingerprint density at radius 3 is 2.56 bits per heavy atom. The Morgan fingerprint density at radius 2 is 1.85 bits per heavy atom. The van der Waals surface area contributed by atoms with Gasteiger partial charge in [0.25, 0.3) is 5.89 Å². The lowest BCUT2D eigenvalue weighted by atomic mass is 9.92. The average Bonchev–Trinajstić information content (AvgIpc) is 3.51. The Kier molecular flexibility index (Phi) is 5.98. The zero-order valence-corrected chi connectivity index (χ0v) is 20.6. The molecule has 0 fully saturated rings. The summed E-state index contributed by atoms with van der Waals surface area (Å²) >= 11 is 11.8. The predicted octanol–water partition coefficient (Wildman–Crippen LogP) is 6.46. The molecule has 1 N–H and O–H groups in total. The number of aryl methyl sites for hydroxylation is 2. The van der Waals surface area contributed by atoms with Gasteiger partial charge in [-0.25, -0.2) is 0 Å². The van der Waals surface area contributed by atoms with Gasteiger partial charge in [-0.3, -0.25) is 0 Å². The van der Waals surface area contributed by atoms with E-state index in [2.05, 4.69) is 42.5 Å². The third kappa shape index (κ3) is 4.24. The number of nitrogens with one attached hydrogen (secondary N) is 1. The van der Waals surface area contributed by atoms with Crippen LogP contribution in [0, 0.1) is 13.8 Å². The maximum Gasteiger partial charge on any atom is 0.258 e. The van der Waals surface area contributed by atoms with E-state index in [-0.39, 0.29) is 6.04 Å². The second-order valence-electron chi connectivity index (χ2n) is 8.32. The Labute approximate surface area is 208 Å². The first-order chi connectivity index (χ1) is 16.4. The molecule has 0 aliphatic carbocycles. The van der Waals surface area contributed by atoms with Gasteiger partial charge in [0.05, 0.1) is 24.4 Å². The van der Waals surface area contributed by atoms with E-state index in [1.54, 1.807) is 18.4 Å². The van der Waals surface area contributed by atoms with Crippen LogP contribution in [0.3, 0.4) is 0 Å². The lowest BCUT2D eigenvalue weighted by Gasteiger charge is -2.37. The lowest BCUT2D eigenvalue weighted by molar-refractivity contribution is 0.382. The summed E-state index contributed by atoms with van der Waals surface area (Å²) in [6.07, 6.45) is 1.66. The third-order valence-electron chi connectivity index (χ3n) is 6.11. The highest BCUT2D eigenvalue weighted by molar-refractivity contribution is 7.80. The Bertz CT molecular complexity index is 1380. The number of thiocarbonyl (C=S) groups is 1. The van der Waals surface area contributed by atoms with Crippen LogP contribution in [0.15, 0.2) is 75.5 Å². The SMILES string of the molecule is CC1=C(c2nc(-c3ccc(Cl)cc3)no2)C(c2ccc(C)c(C)c2)NC(=S)N1Cc1ccco1. The molecule has 2 aromatic heterocycles. The number of hydrogen-bond acceptors (Lipinski definition) is 5. The zero-order chi connectivity index (χ0) is 23.8. The molecule has 1 unspecified atom stereocenters. The summed E-state index contributed by atoms with van der Waals surface area (Å²) < 4.78 is 11.4. The summed E-state index contributed by atoms with van der Waals surface area (Å²) in [5.74, 6) is 1.74. The van der Waals surface area contributed by atoms with Crippen molar-refractivity contribution in [3.8, 4) is 11.4 Å². The largest absolute Gasteiger partial charge is 0.467 e. The van der Waals surface area contributed by atoms with E-state index in [1.807, 2.05) is 36.1 Å². The van der Waals surface area contributed by atoms with Crippen molar-refractivity contribution in [1.82, 2.24) is 20.4 Å². The molecule has 0 saturated carbocycles. The highest BCUT2D eigenvalue weighted by atomic mass is 35.5. The van der Waals surface area contributed by atoms with Crippen LogP contribution in [0.1, 0.15) is 41.3 Å². The van der Waals surface area contributed by atoms with Crippen molar-refractivity contribution >= 4 is 34.5 Å². The molecule has 5 rings (SSSR count). The van der Waals surface area contributed by atoms with Crippen LogP contribution in [-0.2, 0) is 6.54 Å². The van der Waals surface area contributed by atoms with E-state index in [1.165, 1.54) is 11.1 Å². The van der Waals surface area contributed by atoms with E-state index in [4.69, 9.17) is 37.7 Å². The van der Waals surface area contributed by atoms with Crippen LogP contribution in [0.25, 0.3) is 17.0 Å². The fourth-order valence-corrected chi connectivity index (χ4v) is 4.50. The molecular weight excluding hydrogens is 468 g/mol. The van der Waals surface area contributed by atoms with Gasteiger partial charge in [-0.05, 0) is 86.1 Å². The van der Waals surface area contributed by atoms with E-state index >= 15 is 0 Å². The predicted molar refractivity (Wildman–Crippen MR) is 136 cm³/mol. The first-order valence-electron chi connectivity index (χ1n) is 10.9. The fourth-order valence-electron chi connectivity index (χ4n) is 4.05. The molecule has 0 radical (unpaired) electrons. The topological polar surface area (TPSA) is 67.3 Å². The summed E-state index contributed by atoms with van der Waals surface area (Å²) in [7, 11) is 0. The van der Waals surface area contributed by atoms with E-state index in [0.29, 0.717) is 28.4 Å². The smallest absolute Gasteiger partial charge is 0.258 e. The summed E-state index contributed by atoms with van der Waals surface area (Å²) in [5, 5.41) is 9.00. The minimum absolute atomic E-state index is 0.238. The number of benzene rings is 2. The van der Waals surface area contributed by atoms with Gasteiger partial charge in [-0.15, -0.1) is 0 Å². The number of hydrogen-bond donors (Lipinski definition) is 1. The van der Waals surface area contributed by atoms with Crippen LogP contribution in [0.2, 0.25) is 5.02 Å². The Balaban J connectivity index is 1.61. The van der Waals surface area contributed by atoms with Gasteiger partial charge in [0.2, 0.25) is 5.82 Å². The van der Waals surface area contributed by atoms with Crippen molar-refractivity contribution in [2.75, 3.05) is 0 Å². The van der Waals surface area contributed by atoms with Crippen molar-refractivity contribution in [1.29, 1.82) is 0 Å². The van der Waals surface area contributed by atoms with Crippen LogP contribution in [0.5, 0.6) is 0 Å². The third-order valence-corrected chi connectivity index (χ3v) is 6.70. The summed E-state index contributed by atoms with van der Waals surface area (Å²) in [6.45, 7) is 6.71. The number of furan rings is 1. The van der Waals surface area contributed by atoms with Crippen LogP contribution in [-0.4, -0.2) is 20.2 Å². The first kappa shape index (κ1) is 22.4. The van der Waals surface area contributed by atoms with Gasteiger partial charge >= 0.3 is 0 Å². The molecule has 0 saturated heterocycles. The van der Waals surface area contributed by atoms with Crippen LogP contribution < -0.4 is 5.32 Å². The molecule has 0 amide bonds. The number of rotatable bonds is 5. The molecule has 3 heterocycles. The minimum Gasteiger partial charge on any atom is -0.467 e. The number of nitrogens with zero attached hydrogens (tertiary/aromatic N) is 3. The van der Waals surface area contributed by atoms with Gasteiger partial charge in [0.1, 0.15) is 5.76 Å². The summed E-state index contributed by atoms with van der Waals surface area (Å²) in [5.41, 5.74) is 6.13. The lowest BCUT2D eigenvalue weighted by Crippen LogP contribution is -2.45. The monoisotopic (exact) mass is 490 g/mol. The van der Waals surface area contributed by atoms with Crippen molar-refractivity contribution in [2.24, 2.45) is 0 Å². The quantitative estimate of drug-likeness (QED) is 0.322. The second-order valence-corrected chi connectivity index (χ2v) is 9.14. The highest BCUT2D eigenvalue weighted by Crippen LogP contribution is 2.38. The molecule has 34 heavy (non-hydrogen) atoms. The van der Waals surface area contributed by atoms with Crippen molar-refractivity contribution in [2.45, 2.75) is 33.4 Å². The van der Waals surface area contributed by atoms with Crippen molar-refractivity contribution in [3.63, 3.8) is 0 Å². The average molecular weight is 491 g/mol. The standard InChI is InChI=1S/C26H23ClN4O2S/c1-15-6-7-19(13-16(15)2)23-22(17(3)31(26(34)28-23)14-21-5-4-12-32-21)25-29-24(30-33-25)18-8-10-20(27)11-9-18/h4-13,23H,14H2,1-3H3,(H,28,34). The normalized spacial score (nSPS) is 16.2. The first-order valence-corrected chi connectivity index (χ1v) is 11.7.